The molecular formula is C12H23NO2. The number of morpholine rings is 1. The molecule has 0 saturated carbocycles. The predicted molar refractivity (Wildman–Crippen MR) is 60.6 cm³/mol. The number of hydrogen-bond acceptors (Lipinski definition) is 2. The van der Waals surface area contributed by atoms with Gasteiger partial charge in [-0.3, -0.25) is 4.79 Å². The van der Waals surface area contributed by atoms with Crippen LogP contribution in [0.4, 0.5) is 0 Å². The number of carbonyl (C=O) groups excluding carboxylic acids is 1. The van der Waals surface area contributed by atoms with Crippen molar-refractivity contribution in [2.24, 2.45) is 11.3 Å². The summed E-state index contributed by atoms with van der Waals surface area (Å²) in [6.07, 6.45) is 1.04. The molecule has 0 radical (unpaired) electrons. The average Bonchev–Trinajstić information content (AvgIpc) is 2.28. The molecule has 1 rings (SSSR count). The van der Waals surface area contributed by atoms with Gasteiger partial charge in [-0.15, -0.1) is 0 Å². The van der Waals surface area contributed by atoms with Crippen molar-refractivity contribution in [3.63, 3.8) is 0 Å². The molecule has 1 fully saturated rings. The third-order valence-corrected chi connectivity index (χ3v) is 3.69. The van der Waals surface area contributed by atoms with Gasteiger partial charge in [0.05, 0.1) is 13.2 Å². The standard InChI is InChI=1S/C12H23NO2/c1-5-10(2)12(3,4)11(14)13-6-8-15-9-7-13/h10H,5-9H2,1-4H3. The smallest absolute Gasteiger partial charge is 0.228 e. The molecule has 1 saturated heterocycles. The quantitative estimate of drug-likeness (QED) is 0.717. The number of ether oxygens (including phenoxy) is 1. The Bertz CT molecular complexity index is 220. The molecular weight excluding hydrogens is 190 g/mol. The topological polar surface area (TPSA) is 29.5 Å². The Morgan fingerprint density at radius 1 is 1.40 bits per heavy atom. The summed E-state index contributed by atoms with van der Waals surface area (Å²) in [5.41, 5.74) is -0.244. The summed E-state index contributed by atoms with van der Waals surface area (Å²) in [5, 5.41) is 0. The first kappa shape index (κ1) is 12.5. The van der Waals surface area contributed by atoms with Gasteiger partial charge in [0.1, 0.15) is 0 Å². The maximum Gasteiger partial charge on any atom is 0.228 e. The highest BCUT2D eigenvalue weighted by Crippen LogP contribution is 2.31. The van der Waals surface area contributed by atoms with Crippen LogP contribution < -0.4 is 0 Å². The molecule has 0 aliphatic carbocycles. The Hall–Kier alpha value is -0.570. The van der Waals surface area contributed by atoms with Crippen LogP contribution in [0, 0.1) is 11.3 Å². The molecule has 0 aromatic heterocycles. The second-order valence-corrected chi connectivity index (χ2v) is 4.94. The fourth-order valence-corrected chi connectivity index (χ4v) is 1.90. The summed E-state index contributed by atoms with van der Waals surface area (Å²) in [5.74, 6) is 0.702. The van der Waals surface area contributed by atoms with Crippen molar-refractivity contribution in [3.05, 3.63) is 0 Å². The van der Waals surface area contributed by atoms with Crippen LogP contribution in [-0.4, -0.2) is 37.1 Å². The van der Waals surface area contributed by atoms with E-state index in [4.69, 9.17) is 4.74 Å². The number of hydrogen-bond donors (Lipinski definition) is 0. The molecule has 1 atom stereocenters. The highest BCUT2D eigenvalue weighted by atomic mass is 16.5. The van der Waals surface area contributed by atoms with Crippen molar-refractivity contribution in [1.29, 1.82) is 0 Å². The van der Waals surface area contributed by atoms with Gasteiger partial charge in [-0.25, -0.2) is 0 Å². The summed E-state index contributed by atoms with van der Waals surface area (Å²) in [4.78, 5) is 14.2. The molecule has 1 aliphatic rings. The van der Waals surface area contributed by atoms with Crippen molar-refractivity contribution < 1.29 is 9.53 Å². The molecule has 3 nitrogen and oxygen atoms in total. The Labute approximate surface area is 92.8 Å². The second kappa shape index (κ2) is 4.97. The summed E-state index contributed by atoms with van der Waals surface area (Å²) in [6.45, 7) is 11.3. The molecule has 1 unspecified atom stereocenters. The van der Waals surface area contributed by atoms with E-state index in [1.165, 1.54) is 0 Å². The summed E-state index contributed by atoms with van der Waals surface area (Å²) in [7, 11) is 0. The third-order valence-electron chi connectivity index (χ3n) is 3.69. The first-order valence-corrected chi connectivity index (χ1v) is 5.87. The van der Waals surface area contributed by atoms with Gasteiger partial charge in [-0.1, -0.05) is 34.1 Å². The Kier molecular flexibility index (Phi) is 4.14. The fourth-order valence-electron chi connectivity index (χ4n) is 1.90. The highest BCUT2D eigenvalue weighted by Gasteiger charge is 2.36. The van der Waals surface area contributed by atoms with Gasteiger partial charge in [0.25, 0.3) is 0 Å². The van der Waals surface area contributed by atoms with E-state index >= 15 is 0 Å². The van der Waals surface area contributed by atoms with E-state index in [0.717, 1.165) is 19.5 Å². The normalized spacial score (nSPS) is 20.1. The minimum absolute atomic E-state index is 0.244. The monoisotopic (exact) mass is 213 g/mol. The maximum atomic E-state index is 12.3. The zero-order valence-corrected chi connectivity index (χ0v) is 10.4. The SMILES string of the molecule is CCC(C)C(C)(C)C(=O)N1CCOCC1. The van der Waals surface area contributed by atoms with Crippen LogP contribution in [0.1, 0.15) is 34.1 Å². The molecule has 0 bridgehead atoms. The lowest BCUT2D eigenvalue weighted by Gasteiger charge is -2.37. The van der Waals surface area contributed by atoms with Crippen molar-refractivity contribution in [2.75, 3.05) is 26.3 Å². The number of nitrogens with zero attached hydrogens (tertiary/aromatic N) is 1. The Morgan fingerprint density at radius 3 is 2.40 bits per heavy atom. The lowest BCUT2D eigenvalue weighted by atomic mass is 9.77. The van der Waals surface area contributed by atoms with Crippen LogP contribution in [-0.2, 0) is 9.53 Å². The van der Waals surface area contributed by atoms with Gasteiger partial charge in [-0.2, -0.15) is 0 Å². The minimum Gasteiger partial charge on any atom is -0.378 e. The van der Waals surface area contributed by atoms with E-state index in [1.807, 2.05) is 4.90 Å². The molecule has 1 amide bonds. The van der Waals surface area contributed by atoms with Gasteiger partial charge in [-0.05, 0) is 5.92 Å². The largest absolute Gasteiger partial charge is 0.378 e. The fraction of sp³-hybridized carbons (Fsp3) is 0.917. The lowest BCUT2D eigenvalue weighted by Crippen LogP contribution is -2.48. The van der Waals surface area contributed by atoms with E-state index in [-0.39, 0.29) is 11.3 Å². The van der Waals surface area contributed by atoms with Crippen molar-refractivity contribution in [2.45, 2.75) is 34.1 Å². The van der Waals surface area contributed by atoms with E-state index in [2.05, 4.69) is 27.7 Å². The van der Waals surface area contributed by atoms with Gasteiger partial charge in [0.15, 0.2) is 0 Å². The Morgan fingerprint density at radius 2 is 1.93 bits per heavy atom. The molecule has 0 aromatic rings. The van der Waals surface area contributed by atoms with Crippen molar-refractivity contribution in [1.82, 2.24) is 4.90 Å². The molecule has 1 heterocycles. The average molecular weight is 213 g/mol. The molecule has 1 aliphatic heterocycles. The zero-order chi connectivity index (χ0) is 11.5. The minimum atomic E-state index is -0.244. The second-order valence-electron chi connectivity index (χ2n) is 4.94. The van der Waals surface area contributed by atoms with Crippen LogP contribution in [0.3, 0.4) is 0 Å². The number of rotatable bonds is 3. The summed E-state index contributed by atoms with van der Waals surface area (Å²) >= 11 is 0. The Balaban J connectivity index is 2.64. The highest BCUT2D eigenvalue weighted by molar-refractivity contribution is 5.82. The van der Waals surface area contributed by atoms with Gasteiger partial charge >= 0.3 is 0 Å². The van der Waals surface area contributed by atoms with Crippen LogP contribution in [0.25, 0.3) is 0 Å². The summed E-state index contributed by atoms with van der Waals surface area (Å²) in [6, 6.07) is 0. The molecule has 3 heteroatoms. The van der Waals surface area contributed by atoms with Crippen LogP contribution in [0.5, 0.6) is 0 Å². The van der Waals surface area contributed by atoms with E-state index in [9.17, 15) is 4.79 Å². The molecule has 0 N–H and O–H groups in total. The first-order chi connectivity index (χ1) is 7.00. The van der Waals surface area contributed by atoms with Crippen LogP contribution >= 0.6 is 0 Å². The number of carbonyl (C=O) groups is 1. The van der Waals surface area contributed by atoms with Gasteiger partial charge < -0.3 is 9.64 Å². The summed E-state index contributed by atoms with van der Waals surface area (Å²) < 4.78 is 5.26. The molecule has 15 heavy (non-hydrogen) atoms. The van der Waals surface area contributed by atoms with E-state index < -0.39 is 0 Å². The predicted octanol–water partition coefficient (Wildman–Crippen LogP) is 1.92. The van der Waals surface area contributed by atoms with Crippen molar-refractivity contribution >= 4 is 5.91 Å². The zero-order valence-electron chi connectivity index (χ0n) is 10.4. The number of amides is 1. The maximum absolute atomic E-state index is 12.3. The van der Waals surface area contributed by atoms with Gasteiger partial charge in [0.2, 0.25) is 5.91 Å². The van der Waals surface area contributed by atoms with E-state index in [1.54, 1.807) is 0 Å². The lowest BCUT2D eigenvalue weighted by molar-refractivity contribution is -0.147. The van der Waals surface area contributed by atoms with Crippen LogP contribution in [0.15, 0.2) is 0 Å². The first-order valence-electron chi connectivity index (χ1n) is 5.87. The third kappa shape index (κ3) is 2.71. The van der Waals surface area contributed by atoms with Crippen molar-refractivity contribution in [3.8, 4) is 0 Å². The van der Waals surface area contributed by atoms with Crippen LogP contribution in [0.2, 0.25) is 0 Å². The molecule has 88 valence electrons. The van der Waals surface area contributed by atoms with E-state index in [0.29, 0.717) is 19.1 Å². The van der Waals surface area contributed by atoms with Gasteiger partial charge in [0, 0.05) is 18.5 Å². The molecule has 0 spiro atoms. The molecule has 0 aromatic carbocycles.